The predicted molar refractivity (Wildman–Crippen MR) is 93.9 cm³/mol. The van der Waals surface area contributed by atoms with Gasteiger partial charge in [-0.3, -0.25) is 9.89 Å². The molecule has 3 rings (SSSR count). The van der Waals surface area contributed by atoms with Gasteiger partial charge in [0.1, 0.15) is 6.33 Å². The summed E-state index contributed by atoms with van der Waals surface area (Å²) in [6.07, 6.45) is 1.44. The zero-order valence-electron chi connectivity index (χ0n) is 13.9. The molecule has 7 nitrogen and oxygen atoms in total. The average molecular weight is 338 g/mol. The Morgan fingerprint density at radius 2 is 2.08 bits per heavy atom. The largest absolute Gasteiger partial charge is 0.493 e. The highest BCUT2D eigenvalue weighted by molar-refractivity contribution is 6.04. The molecule has 7 heteroatoms. The van der Waals surface area contributed by atoms with Gasteiger partial charge in [-0.25, -0.2) is 4.98 Å². The van der Waals surface area contributed by atoms with Crippen LogP contribution in [0, 0.1) is 0 Å². The van der Waals surface area contributed by atoms with Gasteiger partial charge in [-0.2, -0.15) is 5.10 Å². The van der Waals surface area contributed by atoms with Crippen molar-refractivity contribution < 1.29 is 14.3 Å². The number of anilines is 1. The molecule has 0 aliphatic heterocycles. The van der Waals surface area contributed by atoms with Gasteiger partial charge in [0.2, 0.25) is 0 Å². The van der Waals surface area contributed by atoms with Crippen LogP contribution < -0.4 is 14.8 Å². The van der Waals surface area contributed by atoms with Crippen LogP contribution in [0.2, 0.25) is 0 Å². The highest BCUT2D eigenvalue weighted by Crippen LogP contribution is 2.28. The van der Waals surface area contributed by atoms with Gasteiger partial charge >= 0.3 is 0 Å². The molecule has 0 aliphatic rings. The number of rotatable bonds is 6. The van der Waals surface area contributed by atoms with E-state index in [9.17, 15) is 4.79 Å². The SMILES string of the molecule is CCOc1ccc(C(=O)Nc2cccc(-c3ncn[nH]3)c2)cc1OC. The minimum absolute atomic E-state index is 0.240. The van der Waals surface area contributed by atoms with Crippen LogP contribution in [0.3, 0.4) is 0 Å². The molecule has 2 aromatic carbocycles. The van der Waals surface area contributed by atoms with E-state index in [-0.39, 0.29) is 5.91 Å². The molecule has 1 aromatic heterocycles. The van der Waals surface area contributed by atoms with E-state index in [1.807, 2.05) is 31.2 Å². The Kier molecular flexibility index (Phi) is 4.94. The van der Waals surface area contributed by atoms with Crippen molar-refractivity contribution in [3.8, 4) is 22.9 Å². The van der Waals surface area contributed by atoms with Crippen molar-refractivity contribution in [2.24, 2.45) is 0 Å². The Balaban J connectivity index is 1.79. The molecule has 1 heterocycles. The van der Waals surface area contributed by atoms with E-state index in [2.05, 4.69) is 20.5 Å². The number of carbonyl (C=O) groups excluding carboxylic acids is 1. The van der Waals surface area contributed by atoms with Gasteiger partial charge in [-0.05, 0) is 37.3 Å². The van der Waals surface area contributed by atoms with Crippen molar-refractivity contribution in [3.63, 3.8) is 0 Å². The minimum Gasteiger partial charge on any atom is -0.493 e. The fraction of sp³-hybridized carbons (Fsp3) is 0.167. The fourth-order valence-corrected chi connectivity index (χ4v) is 2.38. The molecule has 0 unspecified atom stereocenters. The molecular weight excluding hydrogens is 320 g/mol. The number of aromatic amines is 1. The van der Waals surface area contributed by atoms with E-state index < -0.39 is 0 Å². The number of methoxy groups -OCH3 is 1. The number of carbonyl (C=O) groups is 1. The summed E-state index contributed by atoms with van der Waals surface area (Å²) in [7, 11) is 1.54. The zero-order chi connectivity index (χ0) is 17.6. The standard InChI is InChI=1S/C18H18N4O3/c1-3-25-15-8-7-13(10-16(15)24-2)18(23)21-14-6-4-5-12(9-14)17-19-11-20-22-17/h4-11H,3H2,1-2H3,(H,21,23)(H,19,20,22). The van der Waals surface area contributed by atoms with E-state index in [0.717, 1.165) is 5.56 Å². The predicted octanol–water partition coefficient (Wildman–Crippen LogP) is 3.13. The fourth-order valence-electron chi connectivity index (χ4n) is 2.38. The van der Waals surface area contributed by atoms with Gasteiger partial charge in [0.25, 0.3) is 5.91 Å². The van der Waals surface area contributed by atoms with Crippen molar-refractivity contribution in [3.05, 3.63) is 54.4 Å². The van der Waals surface area contributed by atoms with E-state index >= 15 is 0 Å². The van der Waals surface area contributed by atoms with Crippen LogP contribution in [0.25, 0.3) is 11.4 Å². The third-order valence-corrected chi connectivity index (χ3v) is 3.53. The lowest BCUT2D eigenvalue weighted by Crippen LogP contribution is -2.12. The summed E-state index contributed by atoms with van der Waals surface area (Å²) < 4.78 is 10.7. The third-order valence-electron chi connectivity index (χ3n) is 3.53. The van der Waals surface area contributed by atoms with E-state index in [4.69, 9.17) is 9.47 Å². The van der Waals surface area contributed by atoms with Gasteiger partial charge < -0.3 is 14.8 Å². The first-order chi connectivity index (χ1) is 12.2. The van der Waals surface area contributed by atoms with Crippen molar-refractivity contribution in [2.45, 2.75) is 6.92 Å². The van der Waals surface area contributed by atoms with Crippen LogP contribution in [0.5, 0.6) is 11.5 Å². The van der Waals surface area contributed by atoms with Crippen LogP contribution in [0.1, 0.15) is 17.3 Å². The Morgan fingerprint density at radius 1 is 1.20 bits per heavy atom. The smallest absolute Gasteiger partial charge is 0.255 e. The second kappa shape index (κ2) is 7.48. The first kappa shape index (κ1) is 16.5. The maximum atomic E-state index is 12.5. The second-order valence-corrected chi connectivity index (χ2v) is 5.17. The first-order valence-electron chi connectivity index (χ1n) is 7.79. The van der Waals surface area contributed by atoms with E-state index in [1.165, 1.54) is 6.33 Å². The first-order valence-corrected chi connectivity index (χ1v) is 7.79. The van der Waals surface area contributed by atoms with Crippen LogP contribution in [0.15, 0.2) is 48.8 Å². The van der Waals surface area contributed by atoms with Gasteiger partial charge in [0.15, 0.2) is 17.3 Å². The highest BCUT2D eigenvalue weighted by atomic mass is 16.5. The van der Waals surface area contributed by atoms with Crippen molar-refractivity contribution in [1.82, 2.24) is 15.2 Å². The van der Waals surface area contributed by atoms with Crippen LogP contribution >= 0.6 is 0 Å². The lowest BCUT2D eigenvalue weighted by Gasteiger charge is -2.11. The maximum Gasteiger partial charge on any atom is 0.255 e. The summed E-state index contributed by atoms with van der Waals surface area (Å²) in [4.78, 5) is 16.6. The molecule has 2 N–H and O–H groups in total. The van der Waals surface area contributed by atoms with Crippen molar-refractivity contribution >= 4 is 11.6 Å². The lowest BCUT2D eigenvalue weighted by atomic mass is 10.1. The molecule has 0 saturated heterocycles. The number of ether oxygens (including phenoxy) is 2. The molecule has 0 spiro atoms. The zero-order valence-corrected chi connectivity index (χ0v) is 13.9. The Bertz CT molecular complexity index is 863. The summed E-state index contributed by atoms with van der Waals surface area (Å²) in [6.45, 7) is 2.41. The molecule has 3 aromatic rings. The molecule has 25 heavy (non-hydrogen) atoms. The molecule has 0 aliphatic carbocycles. The molecule has 0 fully saturated rings. The summed E-state index contributed by atoms with van der Waals surface area (Å²) >= 11 is 0. The van der Waals surface area contributed by atoms with Gasteiger partial charge in [-0.1, -0.05) is 12.1 Å². The Morgan fingerprint density at radius 3 is 2.80 bits per heavy atom. The number of nitrogens with one attached hydrogen (secondary N) is 2. The summed E-state index contributed by atoms with van der Waals surface area (Å²) in [5.41, 5.74) is 1.97. The van der Waals surface area contributed by atoms with Crippen LogP contribution in [0.4, 0.5) is 5.69 Å². The number of benzene rings is 2. The highest BCUT2D eigenvalue weighted by Gasteiger charge is 2.12. The summed E-state index contributed by atoms with van der Waals surface area (Å²) in [5.74, 6) is 1.52. The number of hydrogen-bond acceptors (Lipinski definition) is 5. The monoisotopic (exact) mass is 338 g/mol. The van der Waals surface area contributed by atoms with Gasteiger partial charge in [-0.15, -0.1) is 0 Å². The Hall–Kier alpha value is -3.35. The molecule has 1 amide bonds. The van der Waals surface area contributed by atoms with Crippen molar-refractivity contribution in [1.29, 1.82) is 0 Å². The van der Waals surface area contributed by atoms with E-state index in [1.54, 1.807) is 25.3 Å². The number of nitrogens with zero attached hydrogens (tertiary/aromatic N) is 2. The number of amides is 1. The Labute approximate surface area is 145 Å². The molecule has 0 atom stereocenters. The number of H-pyrrole nitrogens is 1. The maximum absolute atomic E-state index is 12.5. The number of hydrogen-bond donors (Lipinski definition) is 2. The van der Waals surface area contributed by atoms with Crippen molar-refractivity contribution in [2.75, 3.05) is 19.0 Å². The van der Waals surface area contributed by atoms with Crippen LogP contribution in [-0.2, 0) is 0 Å². The second-order valence-electron chi connectivity index (χ2n) is 5.17. The molecule has 0 radical (unpaired) electrons. The minimum atomic E-state index is -0.240. The topological polar surface area (TPSA) is 89.1 Å². The normalized spacial score (nSPS) is 10.3. The van der Waals surface area contributed by atoms with E-state index in [0.29, 0.717) is 35.2 Å². The quantitative estimate of drug-likeness (QED) is 0.721. The molecule has 0 bridgehead atoms. The average Bonchev–Trinajstić information content (AvgIpc) is 3.17. The van der Waals surface area contributed by atoms with Gasteiger partial charge in [0.05, 0.1) is 13.7 Å². The molecular formula is C18H18N4O3. The molecule has 0 saturated carbocycles. The third kappa shape index (κ3) is 3.77. The lowest BCUT2D eigenvalue weighted by molar-refractivity contribution is 0.102. The summed E-state index contributed by atoms with van der Waals surface area (Å²) in [5, 5.41) is 9.49. The van der Waals surface area contributed by atoms with Crippen LogP contribution in [-0.4, -0.2) is 34.8 Å². The molecule has 128 valence electrons. The number of aromatic nitrogens is 3. The summed E-state index contributed by atoms with van der Waals surface area (Å²) in [6, 6.07) is 12.4. The van der Waals surface area contributed by atoms with Gasteiger partial charge in [0, 0.05) is 16.8 Å².